The van der Waals surface area contributed by atoms with Gasteiger partial charge in [-0.25, -0.2) is 4.57 Å². The van der Waals surface area contributed by atoms with Gasteiger partial charge in [0, 0.05) is 0 Å². The van der Waals surface area contributed by atoms with Crippen molar-refractivity contribution in [2.24, 2.45) is 0 Å². The highest BCUT2D eigenvalue weighted by Gasteiger charge is 2.07. The Labute approximate surface area is 132 Å². The second kappa shape index (κ2) is 12.9. The Bertz CT molecular complexity index is 305. The van der Waals surface area contributed by atoms with Crippen molar-refractivity contribution in [3.05, 3.63) is 18.7 Å². The summed E-state index contributed by atoms with van der Waals surface area (Å²) in [6, 6.07) is 0.638. The van der Waals surface area contributed by atoms with Crippen LogP contribution in [0.1, 0.15) is 103 Å². The monoisotopic (exact) mass is 293 g/mol. The predicted octanol–water partition coefficient (Wildman–Crippen LogP) is 5.95. The molecule has 0 saturated heterocycles. The number of H-pyrrole nitrogens is 1. The van der Waals surface area contributed by atoms with E-state index in [1.54, 1.807) is 0 Å². The molecule has 1 heterocycles. The molecule has 21 heavy (non-hydrogen) atoms. The number of hydrogen-bond acceptors (Lipinski definition) is 0. The van der Waals surface area contributed by atoms with Gasteiger partial charge in [0.1, 0.15) is 12.4 Å². The standard InChI is InChI=1S/C19H36N2/c1-3-4-5-6-7-8-9-10-11-12-13-14-15-19(2)21-17-16-20-18-21/h16-19H,3-15H2,1-2H3/p+1. The molecule has 0 aliphatic rings. The van der Waals surface area contributed by atoms with E-state index >= 15 is 0 Å². The van der Waals surface area contributed by atoms with E-state index in [4.69, 9.17) is 0 Å². The van der Waals surface area contributed by atoms with Crippen LogP contribution in [0, 0.1) is 0 Å². The van der Waals surface area contributed by atoms with Crippen LogP contribution in [-0.2, 0) is 0 Å². The Kier molecular flexibility index (Phi) is 11.2. The van der Waals surface area contributed by atoms with Crippen molar-refractivity contribution in [1.29, 1.82) is 0 Å². The maximum absolute atomic E-state index is 3.12. The number of aromatic nitrogens is 2. The van der Waals surface area contributed by atoms with Crippen molar-refractivity contribution < 1.29 is 4.57 Å². The SMILES string of the molecule is CCCCCCCCCCCCCCC(C)[n+]1cc[nH]c1. The highest BCUT2D eigenvalue weighted by Crippen LogP contribution is 2.14. The van der Waals surface area contributed by atoms with Crippen LogP contribution in [0.25, 0.3) is 0 Å². The highest BCUT2D eigenvalue weighted by atomic mass is 15.0. The van der Waals surface area contributed by atoms with Crippen molar-refractivity contribution in [3.8, 4) is 0 Å². The summed E-state index contributed by atoms with van der Waals surface area (Å²) >= 11 is 0. The van der Waals surface area contributed by atoms with Crippen LogP contribution in [0.5, 0.6) is 0 Å². The minimum atomic E-state index is 0.638. The maximum atomic E-state index is 3.12. The first-order valence-corrected chi connectivity index (χ1v) is 9.38. The van der Waals surface area contributed by atoms with Gasteiger partial charge in [0.2, 0.25) is 6.33 Å². The molecule has 0 fully saturated rings. The van der Waals surface area contributed by atoms with E-state index in [2.05, 4.69) is 35.9 Å². The normalized spacial score (nSPS) is 12.7. The molecule has 2 heteroatoms. The summed E-state index contributed by atoms with van der Waals surface area (Å²) in [6.45, 7) is 4.60. The molecular formula is C19H37N2+. The molecule has 1 rings (SSSR count). The summed E-state index contributed by atoms with van der Waals surface area (Å²) in [7, 11) is 0. The zero-order chi connectivity index (χ0) is 15.2. The summed E-state index contributed by atoms with van der Waals surface area (Å²) in [5.74, 6) is 0. The van der Waals surface area contributed by atoms with Crippen molar-refractivity contribution in [2.75, 3.05) is 0 Å². The van der Waals surface area contributed by atoms with Gasteiger partial charge in [-0.3, -0.25) is 4.98 Å². The van der Waals surface area contributed by atoms with Crippen LogP contribution in [0.3, 0.4) is 0 Å². The Balaban J connectivity index is 1.78. The van der Waals surface area contributed by atoms with E-state index in [1.807, 2.05) is 6.20 Å². The Hall–Kier alpha value is -0.790. The summed E-state index contributed by atoms with van der Waals surface area (Å²) in [4.78, 5) is 3.12. The van der Waals surface area contributed by atoms with Crippen LogP contribution >= 0.6 is 0 Å². The molecule has 0 radical (unpaired) electrons. The van der Waals surface area contributed by atoms with Gasteiger partial charge < -0.3 is 0 Å². The Morgan fingerprint density at radius 3 is 1.81 bits per heavy atom. The number of imidazole rings is 1. The number of hydrogen-bond donors (Lipinski definition) is 1. The first-order valence-electron chi connectivity index (χ1n) is 9.38. The number of rotatable bonds is 14. The average molecular weight is 294 g/mol. The van der Waals surface area contributed by atoms with Crippen LogP contribution in [0.2, 0.25) is 0 Å². The van der Waals surface area contributed by atoms with E-state index in [9.17, 15) is 0 Å². The molecule has 0 spiro atoms. The first kappa shape index (κ1) is 18.3. The fraction of sp³-hybridized carbons (Fsp3) is 0.842. The molecule has 0 amide bonds. The number of aromatic amines is 1. The highest BCUT2D eigenvalue weighted by molar-refractivity contribution is 4.58. The largest absolute Gasteiger partial charge is 0.250 e. The molecule has 0 aliphatic heterocycles. The van der Waals surface area contributed by atoms with Crippen molar-refractivity contribution >= 4 is 0 Å². The molecule has 2 nitrogen and oxygen atoms in total. The summed E-state index contributed by atoms with van der Waals surface area (Å²) in [5.41, 5.74) is 0. The lowest BCUT2D eigenvalue weighted by atomic mass is 10.0. The number of nitrogens with zero attached hydrogens (tertiary/aromatic N) is 1. The third kappa shape index (κ3) is 9.71. The van der Waals surface area contributed by atoms with Gasteiger partial charge in [-0.15, -0.1) is 0 Å². The molecule has 0 saturated carbocycles. The summed E-state index contributed by atoms with van der Waals surface area (Å²) in [6.07, 6.45) is 24.7. The lowest BCUT2D eigenvalue weighted by Crippen LogP contribution is -2.34. The minimum absolute atomic E-state index is 0.638. The summed E-state index contributed by atoms with van der Waals surface area (Å²) in [5, 5.41) is 0. The van der Waals surface area contributed by atoms with Crippen molar-refractivity contribution in [2.45, 2.75) is 103 Å². The van der Waals surface area contributed by atoms with E-state index in [0.717, 1.165) is 0 Å². The Morgan fingerprint density at radius 2 is 1.33 bits per heavy atom. The molecule has 1 aromatic heterocycles. The number of unbranched alkanes of at least 4 members (excludes halogenated alkanes) is 11. The molecule has 0 aliphatic carbocycles. The Morgan fingerprint density at radius 1 is 0.810 bits per heavy atom. The quantitative estimate of drug-likeness (QED) is 0.323. The fourth-order valence-electron chi connectivity index (χ4n) is 3.01. The van der Waals surface area contributed by atoms with E-state index in [0.29, 0.717) is 6.04 Å². The third-order valence-electron chi connectivity index (χ3n) is 4.55. The average Bonchev–Trinajstić information content (AvgIpc) is 3.02. The zero-order valence-electron chi connectivity index (χ0n) is 14.4. The second-order valence-electron chi connectivity index (χ2n) is 6.59. The zero-order valence-corrected chi connectivity index (χ0v) is 14.4. The first-order chi connectivity index (χ1) is 10.3. The van der Waals surface area contributed by atoms with E-state index < -0.39 is 0 Å². The van der Waals surface area contributed by atoms with Crippen LogP contribution < -0.4 is 4.57 Å². The molecule has 1 N–H and O–H groups in total. The van der Waals surface area contributed by atoms with Gasteiger partial charge in [0.15, 0.2) is 0 Å². The van der Waals surface area contributed by atoms with Crippen LogP contribution in [0.15, 0.2) is 18.7 Å². The van der Waals surface area contributed by atoms with Gasteiger partial charge >= 0.3 is 0 Å². The third-order valence-corrected chi connectivity index (χ3v) is 4.55. The molecule has 1 atom stereocenters. The maximum Gasteiger partial charge on any atom is 0.241 e. The molecule has 0 aromatic carbocycles. The minimum Gasteiger partial charge on any atom is -0.250 e. The lowest BCUT2D eigenvalue weighted by Gasteiger charge is -2.07. The van der Waals surface area contributed by atoms with E-state index in [-0.39, 0.29) is 0 Å². The molecule has 1 unspecified atom stereocenters. The van der Waals surface area contributed by atoms with Crippen LogP contribution in [0.4, 0.5) is 0 Å². The van der Waals surface area contributed by atoms with Crippen molar-refractivity contribution in [3.63, 3.8) is 0 Å². The van der Waals surface area contributed by atoms with Gasteiger partial charge in [-0.1, -0.05) is 77.6 Å². The number of nitrogens with one attached hydrogen (secondary N) is 1. The molecule has 0 bridgehead atoms. The molecule has 1 aromatic rings. The lowest BCUT2D eigenvalue weighted by molar-refractivity contribution is -0.719. The van der Waals surface area contributed by atoms with Gasteiger partial charge in [0.25, 0.3) is 0 Å². The second-order valence-corrected chi connectivity index (χ2v) is 6.59. The van der Waals surface area contributed by atoms with Gasteiger partial charge in [-0.2, -0.15) is 0 Å². The van der Waals surface area contributed by atoms with Crippen LogP contribution in [-0.4, -0.2) is 4.98 Å². The topological polar surface area (TPSA) is 19.7 Å². The van der Waals surface area contributed by atoms with Crippen molar-refractivity contribution in [1.82, 2.24) is 4.98 Å². The van der Waals surface area contributed by atoms with Gasteiger partial charge in [-0.05, 0) is 19.8 Å². The smallest absolute Gasteiger partial charge is 0.241 e. The summed E-state index contributed by atoms with van der Waals surface area (Å²) < 4.78 is 2.28. The molecule has 122 valence electrons. The fourth-order valence-corrected chi connectivity index (χ4v) is 3.01. The van der Waals surface area contributed by atoms with E-state index in [1.165, 1.54) is 83.5 Å². The predicted molar refractivity (Wildman–Crippen MR) is 91.4 cm³/mol. The molecular weight excluding hydrogens is 256 g/mol. The van der Waals surface area contributed by atoms with Gasteiger partial charge in [0.05, 0.1) is 6.04 Å².